The van der Waals surface area contributed by atoms with Crippen molar-refractivity contribution in [3.8, 4) is 11.5 Å². The molecule has 3 aromatic rings. The zero-order valence-electron chi connectivity index (χ0n) is 21.5. The SMILES string of the molecule is COc1ccc(OC(C)c2nnc(SCC(=O)N3CCN(c4ccccc4)CC3)n2CC(C)C)cc1. The van der Waals surface area contributed by atoms with Crippen molar-refractivity contribution in [2.45, 2.75) is 38.6 Å². The van der Waals surface area contributed by atoms with Crippen molar-refractivity contribution in [2.24, 2.45) is 5.92 Å². The Kier molecular flexibility index (Phi) is 8.74. The Hall–Kier alpha value is -3.20. The molecule has 0 radical (unpaired) electrons. The molecule has 2 heterocycles. The zero-order chi connectivity index (χ0) is 25.5. The molecule has 0 N–H and O–H groups in total. The van der Waals surface area contributed by atoms with E-state index in [1.807, 2.05) is 54.3 Å². The van der Waals surface area contributed by atoms with E-state index in [2.05, 4.69) is 45.6 Å². The summed E-state index contributed by atoms with van der Waals surface area (Å²) in [6.07, 6.45) is -0.291. The minimum absolute atomic E-state index is 0.135. The van der Waals surface area contributed by atoms with Gasteiger partial charge in [-0.1, -0.05) is 43.8 Å². The lowest BCUT2D eigenvalue weighted by molar-refractivity contribution is -0.128. The van der Waals surface area contributed by atoms with Gasteiger partial charge in [-0.2, -0.15) is 0 Å². The number of hydrogen-bond donors (Lipinski definition) is 0. The van der Waals surface area contributed by atoms with Crippen molar-refractivity contribution < 1.29 is 14.3 Å². The van der Waals surface area contributed by atoms with Crippen LogP contribution < -0.4 is 14.4 Å². The van der Waals surface area contributed by atoms with Crippen molar-refractivity contribution in [1.29, 1.82) is 0 Å². The summed E-state index contributed by atoms with van der Waals surface area (Å²) in [5.41, 5.74) is 1.21. The lowest BCUT2D eigenvalue weighted by atomic mass is 10.2. The molecular formula is C27H35N5O3S. The van der Waals surface area contributed by atoms with Crippen molar-refractivity contribution in [3.05, 3.63) is 60.4 Å². The molecule has 0 bridgehead atoms. The fourth-order valence-corrected chi connectivity index (χ4v) is 5.08. The highest BCUT2D eigenvalue weighted by Crippen LogP contribution is 2.27. The average Bonchev–Trinajstić information content (AvgIpc) is 3.30. The van der Waals surface area contributed by atoms with Gasteiger partial charge < -0.3 is 23.8 Å². The van der Waals surface area contributed by atoms with Crippen molar-refractivity contribution >= 4 is 23.4 Å². The quantitative estimate of drug-likeness (QED) is 0.372. The van der Waals surface area contributed by atoms with E-state index in [0.29, 0.717) is 11.7 Å². The van der Waals surface area contributed by atoms with E-state index in [1.165, 1.54) is 17.4 Å². The van der Waals surface area contributed by atoms with Crippen LogP contribution in [0.3, 0.4) is 0 Å². The van der Waals surface area contributed by atoms with E-state index in [4.69, 9.17) is 9.47 Å². The van der Waals surface area contributed by atoms with Gasteiger partial charge in [0.15, 0.2) is 17.1 Å². The third kappa shape index (κ3) is 6.51. The number of para-hydroxylation sites is 1. The predicted octanol–water partition coefficient (Wildman–Crippen LogP) is 4.52. The van der Waals surface area contributed by atoms with Crippen LogP contribution in [0, 0.1) is 5.92 Å². The number of thioether (sulfide) groups is 1. The summed E-state index contributed by atoms with van der Waals surface area (Å²) in [6.45, 7) is 10.2. The Morgan fingerprint density at radius 2 is 1.61 bits per heavy atom. The fourth-order valence-electron chi connectivity index (χ4n) is 4.23. The molecule has 36 heavy (non-hydrogen) atoms. The molecule has 2 aromatic carbocycles. The Labute approximate surface area is 217 Å². The van der Waals surface area contributed by atoms with Crippen LogP contribution in [0.15, 0.2) is 59.8 Å². The van der Waals surface area contributed by atoms with Crippen LogP contribution in [-0.4, -0.2) is 64.6 Å². The first-order valence-electron chi connectivity index (χ1n) is 12.4. The smallest absolute Gasteiger partial charge is 0.233 e. The Morgan fingerprint density at radius 3 is 2.25 bits per heavy atom. The predicted molar refractivity (Wildman–Crippen MR) is 143 cm³/mol. The number of carbonyl (C=O) groups excluding carboxylic acids is 1. The van der Waals surface area contributed by atoms with Gasteiger partial charge in [0, 0.05) is 38.4 Å². The molecule has 8 nitrogen and oxygen atoms in total. The summed E-state index contributed by atoms with van der Waals surface area (Å²) in [5, 5.41) is 9.62. The molecule has 1 aliphatic rings. The number of methoxy groups -OCH3 is 1. The highest BCUT2D eigenvalue weighted by Gasteiger charge is 2.24. The molecule has 1 saturated heterocycles. The average molecular weight is 510 g/mol. The summed E-state index contributed by atoms with van der Waals surface area (Å²) < 4.78 is 13.4. The van der Waals surface area contributed by atoms with Crippen LogP contribution in [0.4, 0.5) is 5.69 Å². The van der Waals surface area contributed by atoms with Crippen LogP contribution in [0.1, 0.15) is 32.7 Å². The highest BCUT2D eigenvalue weighted by molar-refractivity contribution is 7.99. The summed E-state index contributed by atoms with van der Waals surface area (Å²) in [5.74, 6) is 3.15. The van der Waals surface area contributed by atoms with E-state index in [0.717, 1.165) is 55.2 Å². The third-order valence-electron chi connectivity index (χ3n) is 6.11. The number of rotatable bonds is 10. The Morgan fingerprint density at radius 1 is 0.944 bits per heavy atom. The monoisotopic (exact) mass is 509 g/mol. The Balaban J connectivity index is 1.36. The molecule has 1 fully saturated rings. The van der Waals surface area contributed by atoms with Gasteiger partial charge in [-0.25, -0.2) is 0 Å². The summed E-state index contributed by atoms with van der Waals surface area (Å²) in [6, 6.07) is 17.9. The standard InChI is InChI=1S/C27H35N5O3S/c1-20(2)18-32-26(21(3)35-24-12-10-23(34-4)11-13-24)28-29-27(32)36-19-25(33)31-16-14-30(15-17-31)22-8-6-5-7-9-22/h5-13,20-21H,14-19H2,1-4H3. The lowest BCUT2D eigenvalue weighted by Gasteiger charge is -2.36. The molecule has 1 unspecified atom stereocenters. The maximum atomic E-state index is 13.0. The van der Waals surface area contributed by atoms with E-state index < -0.39 is 0 Å². The van der Waals surface area contributed by atoms with Gasteiger partial charge in [-0.3, -0.25) is 4.79 Å². The molecule has 1 atom stereocenters. The van der Waals surface area contributed by atoms with Crippen molar-refractivity contribution in [3.63, 3.8) is 0 Å². The maximum Gasteiger partial charge on any atom is 0.233 e. The fraction of sp³-hybridized carbons (Fsp3) is 0.444. The van der Waals surface area contributed by atoms with Gasteiger partial charge in [0.05, 0.1) is 12.9 Å². The molecule has 1 aliphatic heterocycles. The molecular weight excluding hydrogens is 474 g/mol. The zero-order valence-corrected chi connectivity index (χ0v) is 22.3. The van der Waals surface area contributed by atoms with Gasteiger partial charge >= 0.3 is 0 Å². The summed E-state index contributed by atoms with van der Waals surface area (Å²) >= 11 is 1.45. The van der Waals surface area contributed by atoms with E-state index >= 15 is 0 Å². The van der Waals surface area contributed by atoms with E-state index in [9.17, 15) is 4.79 Å². The van der Waals surface area contributed by atoms with Crippen molar-refractivity contribution in [2.75, 3.05) is 43.9 Å². The van der Waals surface area contributed by atoms with Gasteiger partial charge in [0.1, 0.15) is 11.5 Å². The van der Waals surface area contributed by atoms with Crippen LogP contribution in [0.25, 0.3) is 0 Å². The molecule has 0 aliphatic carbocycles. The molecule has 1 aromatic heterocycles. The number of benzene rings is 2. The molecule has 0 saturated carbocycles. The number of hydrogen-bond acceptors (Lipinski definition) is 7. The van der Waals surface area contributed by atoms with Gasteiger partial charge in [-0.15, -0.1) is 10.2 Å². The largest absolute Gasteiger partial charge is 0.497 e. The minimum atomic E-state index is -0.291. The van der Waals surface area contributed by atoms with Gasteiger partial charge in [0.2, 0.25) is 5.91 Å². The topological polar surface area (TPSA) is 72.7 Å². The normalized spacial score (nSPS) is 14.7. The van der Waals surface area contributed by atoms with Gasteiger partial charge in [-0.05, 0) is 49.2 Å². The lowest BCUT2D eigenvalue weighted by Crippen LogP contribution is -2.49. The molecule has 9 heteroatoms. The summed E-state index contributed by atoms with van der Waals surface area (Å²) in [4.78, 5) is 17.3. The second-order valence-electron chi connectivity index (χ2n) is 9.27. The Bertz CT molecular complexity index is 1110. The van der Waals surface area contributed by atoms with Crippen LogP contribution in [-0.2, 0) is 11.3 Å². The summed E-state index contributed by atoms with van der Waals surface area (Å²) in [7, 11) is 1.64. The second-order valence-corrected chi connectivity index (χ2v) is 10.2. The van der Waals surface area contributed by atoms with E-state index in [-0.39, 0.29) is 12.0 Å². The third-order valence-corrected chi connectivity index (χ3v) is 7.06. The van der Waals surface area contributed by atoms with Crippen LogP contribution in [0.2, 0.25) is 0 Å². The number of carbonyl (C=O) groups is 1. The number of aromatic nitrogens is 3. The highest BCUT2D eigenvalue weighted by atomic mass is 32.2. The van der Waals surface area contributed by atoms with Gasteiger partial charge in [0.25, 0.3) is 0 Å². The molecule has 1 amide bonds. The number of anilines is 1. The minimum Gasteiger partial charge on any atom is -0.497 e. The second kappa shape index (κ2) is 12.2. The first kappa shape index (κ1) is 25.9. The first-order valence-corrected chi connectivity index (χ1v) is 13.4. The van der Waals surface area contributed by atoms with E-state index in [1.54, 1.807) is 7.11 Å². The van der Waals surface area contributed by atoms with Crippen LogP contribution >= 0.6 is 11.8 Å². The molecule has 0 spiro atoms. The number of nitrogens with zero attached hydrogens (tertiary/aromatic N) is 5. The molecule has 4 rings (SSSR count). The first-order chi connectivity index (χ1) is 17.4. The number of amides is 1. The van der Waals surface area contributed by atoms with Crippen LogP contribution in [0.5, 0.6) is 11.5 Å². The van der Waals surface area contributed by atoms with Crippen molar-refractivity contribution in [1.82, 2.24) is 19.7 Å². The maximum absolute atomic E-state index is 13.0. The molecule has 192 valence electrons. The number of piperazine rings is 1. The number of ether oxygens (including phenoxy) is 2.